The number of halogens is 1. The van der Waals surface area contributed by atoms with Crippen LogP contribution in [-0.4, -0.2) is 28.5 Å². The van der Waals surface area contributed by atoms with Gasteiger partial charge in [0.1, 0.15) is 0 Å². The van der Waals surface area contributed by atoms with E-state index < -0.39 is 0 Å². The van der Waals surface area contributed by atoms with Crippen LogP contribution in [0, 0.1) is 0 Å². The molecule has 0 bridgehead atoms. The summed E-state index contributed by atoms with van der Waals surface area (Å²) in [7, 11) is 0. The van der Waals surface area contributed by atoms with Gasteiger partial charge < -0.3 is 20.2 Å². The third kappa shape index (κ3) is 4.68. The average Bonchev–Trinajstić information content (AvgIpc) is 3.23. The number of hydrogen-bond acceptors (Lipinski definition) is 6. The molecule has 0 fully saturated rings. The number of benzene rings is 3. The summed E-state index contributed by atoms with van der Waals surface area (Å²) in [6.07, 6.45) is 0. The predicted octanol–water partition coefficient (Wildman–Crippen LogP) is 4.88. The van der Waals surface area contributed by atoms with Crippen molar-refractivity contribution in [3.63, 3.8) is 0 Å². The standard InChI is InChI=1S/C23H21ClN4O2/c24-21-19(17-7-2-1-3-8-17)10-5-11-20(21)22-27-28-23(30-22)26-18-9-4-6-16(14-18)15-25-12-13-29/h1-11,14,25,29H,12-13,15H2,(H,26,28). The van der Waals surface area contributed by atoms with Crippen LogP contribution >= 0.6 is 11.6 Å². The molecule has 0 spiro atoms. The summed E-state index contributed by atoms with van der Waals surface area (Å²) >= 11 is 6.66. The second-order valence-electron chi connectivity index (χ2n) is 6.67. The molecule has 152 valence electrons. The van der Waals surface area contributed by atoms with E-state index in [1.165, 1.54) is 0 Å². The molecule has 0 aliphatic carbocycles. The van der Waals surface area contributed by atoms with E-state index in [1.54, 1.807) is 0 Å². The first-order valence-corrected chi connectivity index (χ1v) is 9.98. The van der Waals surface area contributed by atoms with Gasteiger partial charge in [0.25, 0.3) is 5.89 Å². The van der Waals surface area contributed by atoms with Crippen molar-refractivity contribution in [1.29, 1.82) is 0 Å². The van der Waals surface area contributed by atoms with Crippen LogP contribution in [0.3, 0.4) is 0 Å². The summed E-state index contributed by atoms with van der Waals surface area (Å²) in [5.41, 5.74) is 4.52. The molecule has 0 unspecified atom stereocenters. The van der Waals surface area contributed by atoms with Gasteiger partial charge in [0.15, 0.2) is 0 Å². The third-order valence-corrected chi connectivity index (χ3v) is 4.94. The Bertz CT molecular complexity index is 1120. The third-order valence-electron chi connectivity index (χ3n) is 4.53. The van der Waals surface area contributed by atoms with Crippen molar-refractivity contribution in [2.45, 2.75) is 6.54 Å². The minimum Gasteiger partial charge on any atom is -0.403 e. The number of hydrogen-bond donors (Lipinski definition) is 3. The van der Waals surface area contributed by atoms with Crippen LogP contribution in [0.1, 0.15) is 5.56 Å². The number of aromatic nitrogens is 2. The van der Waals surface area contributed by atoms with Crippen LogP contribution in [0.2, 0.25) is 5.02 Å². The number of aliphatic hydroxyl groups is 1. The van der Waals surface area contributed by atoms with Gasteiger partial charge in [-0.05, 0) is 29.3 Å². The van der Waals surface area contributed by atoms with Crippen LogP contribution < -0.4 is 10.6 Å². The second kappa shape index (κ2) is 9.54. The minimum absolute atomic E-state index is 0.108. The van der Waals surface area contributed by atoms with E-state index in [4.69, 9.17) is 21.1 Å². The zero-order valence-corrected chi connectivity index (χ0v) is 16.9. The first kappa shape index (κ1) is 20.1. The molecule has 7 heteroatoms. The quantitative estimate of drug-likeness (QED) is 0.352. The second-order valence-corrected chi connectivity index (χ2v) is 7.05. The van der Waals surface area contributed by atoms with Crippen molar-refractivity contribution in [3.05, 3.63) is 83.4 Å². The summed E-state index contributed by atoms with van der Waals surface area (Å²) in [4.78, 5) is 0. The van der Waals surface area contributed by atoms with Crippen molar-refractivity contribution in [2.24, 2.45) is 0 Å². The van der Waals surface area contributed by atoms with Crippen molar-refractivity contribution in [2.75, 3.05) is 18.5 Å². The fourth-order valence-corrected chi connectivity index (χ4v) is 3.43. The zero-order valence-electron chi connectivity index (χ0n) is 16.2. The summed E-state index contributed by atoms with van der Waals surface area (Å²) in [6, 6.07) is 23.8. The van der Waals surface area contributed by atoms with E-state index in [9.17, 15) is 0 Å². The molecule has 0 amide bonds. The van der Waals surface area contributed by atoms with E-state index in [-0.39, 0.29) is 12.6 Å². The molecular weight excluding hydrogens is 400 g/mol. The molecule has 0 saturated heterocycles. The summed E-state index contributed by atoms with van der Waals surface area (Å²) in [6.45, 7) is 1.32. The van der Waals surface area contributed by atoms with Crippen LogP contribution in [0.4, 0.5) is 11.7 Å². The van der Waals surface area contributed by atoms with E-state index in [0.717, 1.165) is 22.4 Å². The monoisotopic (exact) mass is 420 g/mol. The van der Waals surface area contributed by atoms with E-state index in [1.807, 2.05) is 72.8 Å². The normalized spacial score (nSPS) is 10.9. The molecule has 4 aromatic rings. The summed E-state index contributed by atoms with van der Waals surface area (Å²) in [5, 5.41) is 24.0. The smallest absolute Gasteiger partial charge is 0.320 e. The highest BCUT2D eigenvalue weighted by Crippen LogP contribution is 2.36. The molecule has 0 saturated carbocycles. The highest BCUT2D eigenvalue weighted by atomic mass is 35.5. The number of aliphatic hydroxyl groups excluding tert-OH is 1. The lowest BCUT2D eigenvalue weighted by atomic mass is 10.0. The van der Waals surface area contributed by atoms with E-state index in [0.29, 0.717) is 29.6 Å². The number of nitrogens with zero attached hydrogens (tertiary/aromatic N) is 2. The van der Waals surface area contributed by atoms with Crippen molar-refractivity contribution < 1.29 is 9.52 Å². The van der Waals surface area contributed by atoms with Gasteiger partial charge in [-0.2, -0.15) is 0 Å². The van der Waals surface area contributed by atoms with Gasteiger partial charge >= 0.3 is 6.01 Å². The Hall–Kier alpha value is -3.19. The lowest BCUT2D eigenvalue weighted by Crippen LogP contribution is -2.17. The fourth-order valence-electron chi connectivity index (χ4n) is 3.11. The lowest BCUT2D eigenvalue weighted by molar-refractivity contribution is 0.292. The molecule has 1 aromatic heterocycles. The predicted molar refractivity (Wildman–Crippen MR) is 119 cm³/mol. The molecule has 3 N–H and O–H groups in total. The molecule has 0 aliphatic rings. The van der Waals surface area contributed by atoms with Gasteiger partial charge in [-0.1, -0.05) is 71.3 Å². The molecule has 4 rings (SSSR count). The fraction of sp³-hybridized carbons (Fsp3) is 0.130. The Morgan fingerprint density at radius 2 is 1.70 bits per heavy atom. The topological polar surface area (TPSA) is 83.2 Å². The van der Waals surface area contributed by atoms with Crippen LogP contribution in [0.25, 0.3) is 22.6 Å². The first-order valence-electron chi connectivity index (χ1n) is 9.60. The van der Waals surface area contributed by atoms with E-state index >= 15 is 0 Å². The van der Waals surface area contributed by atoms with Gasteiger partial charge in [0.2, 0.25) is 0 Å². The maximum Gasteiger partial charge on any atom is 0.320 e. The number of nitrogens with one attached hydrogen (secondary N) is 2. The molecule has 3 aromatic carbocycles. The summed E-state index contributed by atoms with van der Waals surface area (Å²) in [5.74, 6) is 0.348. The van der Waals surface area contributed by atoms with Crippen molar-refractivity contribution in [1.82, 2.24) is 15.5 Å². The molecule has 6 nitrogen and oxygen atoms in total. The molecule has 0 atom stereocenters. The average molecular weight is 421 g/mol. The SMILES string of the molecule is OCCNCc1cccc(Nc2nnc(-c3cccc(-c4ccccc4)c3Cl)o2)c1. The molecule has 0 aliphatic heterocycles. The van der Waals surface area contributed by atoms with Crippen LogP contribution in [0.5, 0.6) is 0 Å². The maximum atomic E-state index is 8.88. The Balaban J connectivity index is 1.53. The first-order chi connectivity index (χ1) is 14.7. The highest BCUT2D eigenvalue weighted by Gasteiger charge is 2.15. The van der Waals surface area contributed by atoms with Crippen LogP contribution in [-0.2, 0) is 6.54 Å². The van der Waals surface area contributed by atoms with Gasteiger partial charge in [0, 0.05) is 24.3 Å². The number of anilines is 2. The summed E-state index contributed by atoms with van der Waals surface area (Å²) < 4.78 is 5.82. The Morgan fingerprint density at radius 3 is 2.53 bits per heavy atom. The number of rotatable bonds is 8. The van der Waals surface area contributed by atoms with Crippen molar-refractivity contribution in [3.8, 4) is 22.6 Å². The van der Waals surface area contributed by atoms with Gasteiger partial charge in [-0.3, -0.25) is 0 Å². The van der Waals surface area contributed by atoms with Crippen LogP contribution in [0.15, 0.2) is 77.2 Å². The highest BCUT2D eigenvalue weighted by molar-refractivity contribution is 6.35. The maximum absolute atomic E-state index is 8.88. The Kier molecular flexibility index (Phi) is 6.39. The van der Waals surface area contributed by atoms with Gasteiger partial charge in [-0.25, -0.2) is 0 Å². The lowest BCUT2D eigenvalue weighted by Gasteiger charge is -2.07. The Labute approximate surface area is 179 Å². The molecule has 30 heavy (non-hydrogen) atoms. The largest absolute Gasteiger partial charge is 0.403 e. The van der Waals surface area contributed by atoms with Gasteiger partial charge in [-0.15, -0.1) is 5.10 Å². The zero-order chi connectivity index (χ0) is 20.8. The molecular formula is C23H21ClN4O2. The molecule has 1 heterocycles. The Morgan fingerprint density at radius 1 is 0.900 bits per heavy atom. The van der Waals surface area contributed by atoms with Crippen molar-refractivity contribution >= 4 is 23.3 Å². The minimum atomic E-state index is 0.108. The molecule has 0 radical (unpaired) electrons. The van der Waals surface area contributed by atoms with Gasteiger partial charge in [0.05, 0.1) is 17.2 Å². The van der Waals surface area contributed by atoms with E-state index in [2.05, 4.69) is 20.8 Å².